The van der Waals surface area contributed by atoms with Gasteiger partial charge >= 0.3 is 5.97 Å². The van der Waals surface area contributed by atoms with E-state index in [0.717, 1.165) is 29.7 Å². The van der Waals surface area contributed by atoms with Crippen LogP contribution in [0, 0.1) is 5.82 Å². The van der Waals surface area contributed by atoms with Crippen molar-refractivity contribution in [3.05, 3.63) is 77.4 Å². The average Bonchev–Trinajstić information content (AvgIpc) is 3.67. The van der Waals surface area contributed by atoms with E-state index in [1.165, 1.54) is 12.1 Å². The first-order valence-electron chi connectivity index (χ1n) is 13.9. The van der Waals surface area contributed by atoms with Crippen LogP contribution < -0.4 is 5.32 Å². The lowest BCUT2D eigenvalue weighted by molar-refractivity contribution is -0.300. The molecule has 9 heteroatoms. The number of nitrogens with one attached hydrogen (secondary N) is 1. The molecule has 40 heavy (non-hydrogen) atoms. The number of hydrogen-bond acceptors (Lipinski definition) is 5. The van der Waals surface area contributed by atoms with Gasteiger partial charge in [0.1, 0.15) is 17.3 Å². The molecule has 2 aliphatic rings. The third kappa shape index (κ3) is 6.59. The van der Waals surface area contributed by atoms with Crippen LogP contribution in [0.4, 0.5) is 4.39 Å². The fourth-order valence-electron chi connectivity index (χ4n) is 5.53. The number of imidazole rings is 1. The molecule has 2 aromatic carbocycles. The first kappa shape index (κ1) is 28.0. The van der Waals surface area contributed by atoms with E-state index in [1.54, 1.807) is 26.0 Å². The first-order valence-corrected chi connectivity index (χ1v) is 13.9. The maximum absolute atomic E-state index is 13.8. The van der Waals surface area contributed by atoms with Gasteiger partial charge in [-0.1, -0.05) is 30.3 Å². The van der Waals surface area contributed by atoms with Crippen molar-refractivity contribution in [2.45, 2.75) is 89.4 Å². The van der Waals surface area contributed by atoms with Gasteiger partial charge in [-0.15, -0.1) is 0 Å². The molecule has 2 N–H and O–H groups in total. The van der Waals surface area contributed by atoms with Crippen LogP contribution >= 0.6 is 0 Å². The van der Waals surface area contributed by atoms with E-state index in [9.17, 15) is 19.1 Å². The third-order valence-corrected chi connectivity index (χ3v) is 7.44. The Morgan fingerprint density at radius 3 is 2.42 bits per heavy atom. The molecule has 1 saturated carbocycles. The highest BCUT2D eigenvalue weighted by Crippen LogP contribution is 2.44. The number of hydrogen-bond donors (Lipinski definition) is 2. The SMILES string of the molecule is C[C@@H](NC(=O)c1nc(-c2ccc(F)cc2)n(CC[C@@H]2C[C@H](CC(=O)O)OC(C)(C)O2)c1C1CC1)c1ccccc1. The number of carbonyl (C=O) groups excluding carboxylic acids is 1. The monoisotopic (exact) mass is 549 g/mol. The second kappa shape index (κ2) is 11.5. The molecule has 0 bridgehead atoms. The van der Waals surface area contributed by atoms with E-state index in [2.05, 4.69) is 9.88 Å². The first-order chi connectivity index (χ1) is 19.1. The fourth-order valence-corrected chi connectivity index (χ4v) is 5.53. The molecule has 2 heterocycles. The minimum absolute atomic E-state index is 0.0908. The summed E-state index contributed by atoms with van der Waals surface area (Å²) in [6.45, 7) is 6.04. The molecule has 1 saturated heterocycles. The summed E-state index contributed by atoms with van der Waals surface area (Å²) in [6, 6.07) is 15.7. The van der Waals surface area contributed by atoms with Crippen LogP contribution in [0.3, 0.4) is 0 Å². The van der Waals surface area contributed by atoms with Crippen molar-refractivity contribution in [2.24, 2.45) is 0 Å². The summed E-state index contributed by atoms with van der Waals surface area (Å²) in [6.07, 6.45) is 2.18. The number of rotatable bonds is 10. The van der Waals surface area contributed by atoms with Crippen molar-refractivity contribution in [3.8, 4) is 11.4 Å². The van der Waals surface area contributed by atoms with E-state index in [4.69, 9.17) is 14.5 Å². The van der Waals surface area contributed by atoms with Crippen LogP contribution in [0.25, 0.3) is 11.4 Å². The predicted molar refractivity (Wildman–Crippen MR) is 147 cm³/mol. The number of carbonyl (C=O) groups is 2. The van der Waals surface area contributed by atoms with Crippen molar-refractivity contribution in [2.75, 3.05) is 0 Å². The van der Waals surface area contributed by atoms with Crippen molar-refractivity contribution in [1.29, 1.82) is 0 Å². The summed E-state index contributed by atoms with van der Waals surface area (Å²) in [5, 5.41) is 12.4. The molecule has 3 atom stereocenters. The lowest BCUT2D eigenvalue weighted by Gasteiger charge is -2.40. The van der Waals surface area contributed by atoms with Gasteiger partial charge in [-0.05, 0) is 69.9 Å². The van der Waals surface area contributed by atoms with E-state index >= 15 is 0 Å². The number of nitrogens with zero attached hydrogens (tertiary/aromatic N) is 2. The number of aliphatic carboxylic acids is 1. The van der Waals surface area contributed by atoms with Gasteiger partial charge in [0, 0.05) is 24.4 Å². The van der Waals surface area contributed by atoms with Gasteiger partial charge < -0.3 is 24.5 Å². The highest BCUT2D eigenvalue weighted by atomic mass is 19.1. The topological polar surface area (TPSA) is 103 Å². The molecular formula is C31H36FN3O5. The number of halogens is 1. The molecule has 1 aliphatic carbocycles. The second-order valence-corrected chi connectivity index (χ2v) is 11.2. The van der Waals surface area contributed by atoms with Crippen LogP contribution in [-0.2, 0) is 20.8 Å². The highest BCUT2D eigenvalue weighted by molar-refractivity contribution is 5.95. The van der Waals surface area contributed by atoms with E-state index in [0.29, 0.717) is 30.9 Å². The Bertz CT molecular complexity index is 1350. The van der Waals surface area contributed by atoms with E-state index in [1.807, 2.05) is 37.3 Å². The summed E-state index contributed by atoms with van der Waals surface area (Å²) in [5.74, 6) is -1.60. The zero-order chi connectivity index (χ0) is 28.4. The van der Waals surface area contributed by atoms with Gasteiger partial charge in [0.05, 0.1) is 30.4 Å². The van der Waals surface area contributed by atoms with Crippen molar-refractivity contribution in [3.63, 3.8) is 0 Å². The highest BCUT2D eigenvalue weighted by Gasteiger charge is 2.38. The molecule has 0 unspecified atom stereocenters. The zero-order valence-electron chi connectivity index (χ0n) is 23.1. The summed E-state index contributed by atoms with van der Waals surface area (Å²) in [7, 11) is 0. The Balaban J connectivity index is 1.45. The average molecular weight is 550 g/mol. The van der Waals surface area contributed by atoms with Crippen LogP contribution in [0.15, 0.2) is 54.6 Å². The molecule has 0 spiro atoms. The maximum Gasteiger partial charge on any atom is 0.305 e. The molecule has 1 aliphatic heterocycles. The Morgan fingerprint density at radius 1 is 1.10 bits per heavy atom. The lowest BCUT2D eigenvalue weighted by Crippen LogP contribution is -2.45. The Morgan fingerprint density at radius 2 is 1.77 bits per heavy atom. The zero-order valence-corrected chi connectivity index (χ0v) is 23.1. The maximum atomic E-state index is 13.8. The fraction of sp³-hybridized carbons (Fsp3) is 0.452. The number of amides is 1. The quantitative estimate of drug-likeness (QED) is 0.330. The molecule has 1 amide bonds. The largest absolute Gasteiger partial charge is 0.481 e. The minimum Gasteiger partial charge on any atom is -0.481 e. The lowest BCUT2D eigenvalue weighted by atomic mass is 10.0. The number of benzene rings is 2. The van der Waals surface area contributed by atoms with Crippen molar-refractivity contribution < 1.29 is 28.6 Å². The molecule has 5 rings (SSSR count). The van der Waals surface area contributed by atoms with Crippen LogP contribution in [0.2, 0.25) is 0 Å². The molecule has 0 radical (unpaired) electrons. The summed E-state index contributed by atoms with van der Waals surface area (Å²) < 4.78 is 27.9. The van der Waals surface area contributed by atoms with Gasteiger partial charge in [-0.2, -0.15) is 0 Å². The molecule has 1 aromatic heterocycles. The van der Waals surface area contributed by atoms with Gasteiger partial charge in [-0.3, -0.25) is 9.59 Å². The van der Waals surface area contributed by atoms with Crippen molar-refractivity contribution >= 4 is 11.9 Å². The predicted octanol–water partition coefficient (Wildman–Crippen LogP) is 5.83. The second-order valence-electron chi connectivity index (χ2n) is 11.2. The Hall–Kier alpha value is -3.56. The number of ether oxygens (including phenoxy) is 2. The van der Waals surface area contributed by atoms with Crippen LogP contribution in [-0.4, -0.2) is 44.5 Å². The smallest absolute Gasteiger partial charge is 0.305 e. The van der Waals surface area contributed by atoms with Crippen LogP contribution in [0.5, 0.6) is 0 Å². The van der Waals surface area contributed by atoms with Gasteiger partial charge in [0.25, 0.3) is 5.91 Å². The standard InChI is InChI=1S/C31H36FN3O5/c1-19(20-7-5-4-6-8-20)33-30(38)27-28(21-9-10-21)35(29(34-27)22-11-13-23(32)14-12-22)16-15-24-17-25(18-26(36)37)40-31(2,3)39-24/h4-8,11-14,19,21,24-25H,9-10,15-18H2,1-3H3,(H,33,38)(H,36,37)/t19-,24-,25-/m1/s1. The van der Waals surface area contributed by atoms with Gasteiger partial charge in [-0.25, -0.2) is 9.37 Å². The number of carboxylic acid groups (broad SMARTS) is 1. The van der Waals surface area contributed by atoms with E-state index < -0.39 is 17.9 Å². The molecule has 8 nitrogen and oxygen atoms in total. The third-order valence-electron chi connectivity index (χ3n) is 7.44. The van der Waals surface area contributed by atoms with Crippen molar-refractivity contribution in [1.82, 2.24) is 14.9 Å². The van der Waals surface area contributed by atoms with Crippen LogP contribution in [0.1, 0.15) is 86.6 Å². The number of aromatic nitrogens is 2. The summed E-state index contributed by atoms with van der Waals surface area (Å²) >= 11 is 0. The Kier molecular flexibility index (Phi) is 8.05. The Labute approximate surface area is 233 Å². The van der Waals surface area contributed by atoms with Gasteiger partial charge in [0.2, 0.25) is 0 Å². The van der Waals surface area contributed by atoms with E-state index in [-0.39, 0.29) is 36.2 Å². The molecule has 3 aromatic rings. The normalized spacial score (nSPS) is 21.1. The molecular weight excluding hydrogens is 513 g/mol. The van der Waals surface area contributed by atoms with Gasteiger partial charge in [0.15, 0.2) is 5.79 Å². The summed E-state index contributed by atoms with van der Waals surface area (Å²) in [5.41, 5.74) is 2.99. The molecule has 212 valence electrons. The minimum atomic E-state index is -0.911. The molecule has 2 fully saturated rings. The number of carboxylic acids is 1. The summed E-state index contributed by atoms with van der Waals surface area (Å²) in [4.78, 5) is 29.8.